The fraction of sp³-hybridized carbons (Fsp3) is 0.167. The summed E-state index contributed by atoms with van der Waals surface area (Å²) in [5.41, 5.74) is 1.44. The normalized spacial score (nSPS) is 17.5. The van der Waals surface area contributed by atoms with Crippen molar-refractivity contribution in [3.8, 4) is 5.75 Å². The molecule has 1 aliphatic rings. The Morgan fingerprint density at radius 2 is 1.73 bits per heavy atom. The highest BCUT2D eigenvalue weighted by Crippen LogP contribution is 2.44. The van der Waals surface area contributed by atoms with Crippen LogP contribution in [0.15, 0.2) is 64.8 Å². The van der Waals surface area contributed by atoms with E-state index in [9.17, 15) is 14.7 Å². The van der Waals surface area contributed by atoms with Gasteiger partial charge in [0.05, 0.1) is 29.0 Å². The second-order valence-electron chi connectivity index (χ2n) is 7.57. The number of aliphatic hydroxyl groups is 1. The van der Waals surface area contributed by atoms with Crippen molar-refractivity contribution < 1.29 is 23.8 Å². The number of methoxy groups -OCH3 is 1. The van der Waals surface area contributed by atoms with Crippen molar-refractivity contribution in [3.63, 3.8) is 0 Å². The molecule has 1 N–H and O–H groups in total. The maximum atomic E-state index is 13.1. The predicted molar refractivity (Wildman–Crippen MR) is 127 cm³/mol. The Bertz CT molecular complexity index is 1230. The third-order valence-corrected chi connectivity index (χ3v) is 5.94. The Morgan fingerprint density at radius 1 is 1.09 bits per heavy atom. The van der Waals surface area contributed by atoms with Crippen LogP contribution >= 0.6 is 23.2 Å². The zero-order chi connectivity index (χ0) is 23.9. The van der Waals surface area contributed by atoms with E-state index >= 15 is 0 Å². The predicted octanol–water partition coefficient (Wildman–Crippen LogP) is 5.29. The molecule has 2 aromatic carbocycles. The molecule has 1 aliphatic heterocycles. The number of ketones is 1. The number of carbonyl (C=O) groups excluding carboxylic acids is 2. The minimum Gasteiger partial charge on any atom is -0.507 e. The minimum absolute atomic E-state index is 0.135. The van der Waals surface area contributed by atoms with Crippen LogP contribution in [0.2, 0.25) is 10.0 Å². The fourth-order valence-corrected chi connectivity index (χ4v) is 4.41. The highest BCUT2D eigenvalue weighted by molar-refractivity contribution is 6.51. The first kappa shape index (κ1) is 22.8. The summed E-state index contributed by atoms with van der Waals surface area (Å²) in [5.74, 6) is -1.51. The van der Waals surface area contributed by atoms with Crippen LogP contribution in [0.5, 0.6) is 5.75 Å². The molecule has 0 aliphatic carbocycles. The van der Waals surface area contributed by atoms with Crippen molar-refractivity contribution in [1.82, 2.24) is 0 Å². The molecule has 0 radical (unpaired) electrons. The van der Waals surface area contributed by atoms with Gasteiger partial charge in [0.1, 0.15) is 17.6 Å². The van der Waals surface area contributed by atoms with Crippen molar-refractivity contribution in [1.29, 1.82) is 0 Å². The molecule has 1 atom stereocenters. The van der Waals surface area contributed by atoms with Gasteiger partial charge in [-0.25, -0.2) is 0 Å². The Morgan fingerprint density at radius 3 is 2.24 bits per heavy atom. The molecule has 0 saturated carbocycles. The first-order valence-electron chi connectivity index (χ1n) is 9.89. The smallest absolute Gasteiger partial charge is 0.300 e. The van der Waals surface area contributed by atoms with Crippen molar-refractivity contribution in [2.45, 2.75) is 6.04 Å². The number of halogens is 2. The molecule has 1 aromatic heterocycles. The highest BCUT2D eigenvalue weighted by Gasteiger charge is 2.48. The highest BCUT2D eigenvalue weighted by atomic mass is 35.5. The molecule has 1 saturated heterocycles. The lowest BCUT2D eigenvalue weighted by Crippen LogP contribution is -2.29. The largest absolute Gasteiger partial charge is 0.507 e. The summed E-state index contributed by atoms with van der Waals surface area (Å²) in [5, 5.41) is 11.4. The second-order valence-corrected chi connectivity index (χ2v) is 8.38. The molecule has 0 spiro atoms. The summed E-state index contributed by atoms with van der Waals surface area (Å²) in [6.07, 6.45) is 1.44. The fourth-order valence-electron chi connectivity index (χ4n) is 3.77. The molecule has 3 aromatic rings. The summed E-state index contributed by atoms with van der Waals surface area (Å²) >= 11 is 12.4. The summed E-state index contributed by atoms with van der Waals surface area (Å²) < 4.78 is 10.7. The van der Waals surface area contributed by atoms with E-state index < -0.39 is 23.5 Å². The second kappa shape index (κ2) is 8.84. The summed E-state index contributed by atoms with van der Waals surface area (Å²) in [6, 6.07) is 12.3. The number of ether oxygens (including phenoxy) is 1. The average molecular weight is 487 g/mol. The topological polar surface area (TPSA) is 83.2 Å². The molecule has 4 rings (SSSR count). The Kier molecular flexibility index (Phi) is 6.10. The molecule has 1 fully saturated rings. The van der Waals surface area contributed by atoms with Crippen molar-refractivity contribution in [2.24, 2.45) is 0 Å². The van der Waals surface area contributed by atoms with E-state index in [2.05, 4.69) is 0 Å². The van der Waals surface area contributed by atoms with E-state index in [0.29, 0.717) is 11.4 Å². The molecule has 1 unspecified atom stereocenters. The maximum Gasteiger partial charge on any atom is 0.300 e. The number of anilines is 2. The number of rotatable bonds is 5. The van der Waals surface area contributed by atoms with E-state index in [1.807, 2.05) is 31.1 Å². The van der Waals surface area contributed by atoms with E-state index in [1.165, 1.54) is 30.4 Å². The number of amides is 1. The van der Waals surface area contributed by atoms with Gasteiger partial charge in [0.2, 0.25) is 0 Å². The van der Waals surface area contributed by atoms with Gasteiger partial charge in [0.15, 0.2) is 5.75 Å². The lowest BCUT2D eigenvalue weighted by molar-refractivity contribution is -0.132. The zero-order valence-corrected chi connectivity index (χ0v) is 19.5. The third kappa shape index (κ3) is 3.94. The molecule has 9 heteroatoms. The zero-order valence-electron chi connectivity index (χ0n) is 18.0. The monoisotopic (exact) mass is 486 g/mol. The first-order chi connectivity index (χ1) is 15.7. The van der Waals surface area contributed by atoms with E-state index in [1.54, 1.807) is 24.3 Å². The van der Waals surface area contributed by atoms with Gasteiger partial charge in [0.25, 0.3) is 11.7 Å². The molecule has 170 valence electrons. The Hall–Kier alpha value is -3.42. The molecular formula is C24H20Cl2N2O5. The average Bonchev–Trinajstić information content (AvgIpc) is 3.40. The van der Waals surface area contributed by atoms with Crippen LogP contribution in [-0.2, 0) is 9.59 Å². The number of hydrogen-bond donors (Lipinski definition) is 1. The van der Waals surface area contributed by atoms with Crippen LogP contribution in [0.4, 0.5) is 11.4 Å². The van der Waals surface area contributed by atoms with Gasteiger partial charge in [0, 0.05) is 31.0 Å². The van der Waals surface area contributed by atoms with Crippen LogP contribution in [0.25, 0.3) is 5.76 Å². The molecule has 1 amide bonds. The SMILES string of the molecule is COc1c(Cl)cc(/C(O)=C2/C(=O)C(=O)N(c3ccc(N(C)C)cc3)C2c2ccco2)cc1Cl. The van der Waals surface area contributed by atoms with Crippen LogP contribution in [0.1, 0.15) is 17.4 Å². The first-order valence-corrected chi connectivity index (χ1v) is 10.7. The third-order valence-electron chi connectivity index (χ3n) is 5.38. The van der Waals surface area contributed by atoms with Gasteiger partial charge in [-0.1, -0.05) is 23.2 Å². The number of carbonyl (C=O) groups is 2. The van der Waals surface area contributed by atoms with E-state index in [0.717, 1.165) is 5.69 Å². The molecule has 2 heterocycles. The van der Waals surface area contributed by atoms with Crippen molar-refractivity contribution in [3.05, 3.63) is 81.7 Å². The lowest BCUT2D eigenvalue weighted by Gasteiger charge is -2.24. The molecule has 7 nitrogen and oxygen atoms in total. The van der Waals surface area contributed by atoms with Crippen molar-refractivity contribution >= 4 is 52.0 Å². The van der Waals surface area contributed by atoms with Gasteiger partial charge in [-0.05, 0) is 48.5 Å². The van der Waals surface area contributed by atoms with Gasteiger partial charge in [-0.15, -0.1) is 0 Å². The Labute approximate surface area is 200 Å². The molecular weight excluding hydrogens is 467 g/mol. The van der Waals surface area contributed by atoms with Gasteiger partial charge in [-0.2, -0.15) is 0 Å². The number of furan rings is 1. The minimum atomic E-state index is -0.982. The van der Waals surface area contributed by atoms with Gasteiger partial charge < -0.3 is 19.2 Å². The van der Waals surface area contributed by atoms with Crippen LogP contribution in [0.3, 0.4) is 0 Å². The van der Waals surface area contributed by atoms with Gasteiger partial charge in [-0.3, -0.25) is 14.5 Å². The summed E-state index contributed by atoms with van der Waals surface area (Å²) in [7, 11) is 5.21. The molecule has 33 heavy (non-hydrogen) atoms. The lowest BCUT2D eigenvalue weighted by atomic mass is 9.99. The number of Topliss-reactive ketones (excluding diaryl/α,β-unsaturated/α-hetero) is 1. The van der Waals surface area contributed by atoms with Crippen LogP contribution in [0, 0.1) is 0 Å². The van der Waals surface area contributed by atoms with Crippen LogP contribution < -0.4 is 14.5 Å². The van der Waals surface area contributed by atoms with Gasteiger partial charge >= 0.3 is 0 Å². The standard InChI is InChI=1S/C24H20Cl2N2O5/c1-27(2)14-6-8-15(9-7-14)28-20(18-5-4-10-33-18)19(22(30)24(28)31)21(29)13-11-16(25)23(32-3)17(26)12-13/h4-12,20,29H,1-3H3/b21-19-. The quantitative estimate of drug-likeness (QED) is 0.299. The van der Waals surface area contributed by atoms with Crippen molar-refractivity contribution in [2.75, 3.05) is 31.0 Å². The molecule has 0 bridgehead atoms. The summed E-state index contributed by atoms with van der Waals surface area (Å²) in [6.45, 7) is 0. The summed E-state index contributed by atoms with van der Waals surface area (Å²) in [4.78, 5) is 29.5. The number of aliphatic hydroxyl groups excluding tert-OH is 1. The number of benzene rings is 2. The van der Waals surface area contributed by atoms with E-state index in [-0.39, 0.29) is 26.9 Å². The maximum absolute atomic E-state index is 13.1. The number of hydrogen-bond acceptors (Lipinski definition) is 6. The Balaban J connectivity index is 1.89. The van der Waals surface area contributed by atoms with Crippen LogP contribution in [-0.4, -0.2) is 38.0 Å². The van der Waals surface area contributed by atoms with E-state index in [4.69, 9.17) is 32.4 Å². The number of nitrogens with zero attached hydrogens (tertiary/aromatic N) is 2.